The summed E-state index contributed by atoms with van der Waals surface area (Å²) in [6, 6.07) is 15.6. The van der Waals surface area contributed by atoms with Crippen LogP contribution in [0, 0.1) is 6.92 Å². The number of carbonyl (C=O) groups excluding carboxylic acids is 1. The van der Waals surface area contributed by atoms with Gasteiger partial charge in [0.15, 0.2) is 4.34 Å². The van der Waals surface area contributed by atoms with Crippen molar-refractivity contribution in [2.45, 2.75) is 17.7 Å². The number of rotatable bonds is 6. The van der Waals surface area contributed by atoms with Crippen LogP contribution in [0.1, 0.15) is 12.0 Å². The first-order valence-electron chi connectivity index (χ1n) is 7.81. The molecule has 0 radical (unpaired) electrons. The highest BCUT2D eigenvalue weighted by atomic mass is 35.5. The number of nitrogens with one attached hydrogen (secondary N) is 1. The molecule has 25 heavy (non-hydrogen) atoms. The molecule has 0 aliphatic heterocycles. The van der Waals surface area contributed by atoms with Crippen LogP contribution in [0.25, 0.3) is 11.3 Å². The Labute approximate surface area is 160 Å². The van der Waals surface area contributed by atoms with Gasteiger partial charge in [-0.3, -0.25) is 4.79 Å². The first kappa shape index (κ1) is 18.0. The summed E-state index contributed by atoms with van der Waals surface area (Å²) in [5.41, 5.74) is 3.98. The van der Waals surface area contributed by atoms with Crippen molar-refractivity contribution in [2.75, 3.05) is 11.1 Å². The molecule has 0 saturated carbocycles. The summed E-state index contributed by atoms with van der Waals surface area (Å²) in [4.78, 5) is 16.6. The van der Waals surface area contributed by atoms with Gasteiger partial charge in [0.05, 0.1) is 16.4 Å². The van der Waals surface area contributed by atoms with Gasteiger partial charge in [0, 0.05) is 23.1 Å². The number of aryl methyl sites for hydroxylation is 1. The maximum atomic E-state index is 12.0. The van der Waals surface area contributed by atoms with E-state index in [1.165, 1.54) is 5.56 Å². The Hall–Kier alpha value is -1.82. The van der Waals surface area contributed by atoms with E-state index < -0.39 is 0 Å². The average Bonchev–Trinajstić information content (AvgIpc) is 3.06. The summed E-state index contributed by atoms with van der Waals surface area (Å²) < 4.78 is 0.973. The molecule has 1 N–H and O–H groups in total. The molecule has 128 valence electrons. The summed E-state index contributed by atoms with van der Waals surface area (Å²) in [6.45, 7) is 2.07. The maximum Gasteiger partial charge on any atom is 0.225 e. The number of thioether (sulfide) groups is 1. The van der Waals surface area contributed by atoms with Crippen molar-refractivity contribution < 1.29 is 4.79 Å². The zero-order chi connectivity index (χ0) is 17.6. The van der Waals surface area contributed by atoms with Crippen molar-refractivity contribution in [3.05, 3.63) is 64.5 Å². The molecule has 0 atom stereocenters. The van der Waals surface area contributed by atoms with Gasteiger partial charge in [0.25, 0.3) is 0 Å². The highest BCUT2D eigenvalue weighted by molar-refractivity contribution is 8.01. The molecule has 0 saturated heterocycles. The van der Waals surface area contributed by atoms with Gasteiger partial charge in [0.1, 0.15) is 0 Å². The topological polar surface area (TPSA) is 42.0 Å². The number of anilines is 1. The molecule has 0 aliphatic rings. The van der Waals surface area contributed by atoms with E-state index in [0.717, 1.165) is 15.6 Å². The second-order valence-electron chi connectivity index (χ2n) is 5.49. The third-order valence-electron chi connectivity index (χ3n) is 3.53. The predicted octanol–water partition coefficient (Wildman–Crippen LogP) is 5.89. The lowest BCUT2D eigenvalue weighted by Crippen LogP contribution is -2.12. The minimum atomic E-state index is -0.0454. The SMILES string of the molecule is Cc1ccc(-c2csc(SCCC(=O)Nc3ccccc3Cl)n2)cc1. The largest absolute Gasteiger partial charge is 0.325 e. The first-order valence-corrected chi connectivity index (χ1v) is 10.1. The number of aromatic nitrogens is 1. The zero-order valence-corrected chi connectivity index (χ0v) is 16.0. The van der Waals surface area contributed by atoms with Crippen LogP contribution in [0.2, 0.25) is 5.02 Å². The molecule has 0 bridgehead atoms. The minimum Gasteiger partial charge on any atom is -0.325 e. The van der Waals surface area contributed by atoms with Gasteiger partial charge in [0.2, 0.25) is 5.91 Å². The van der Waals surface area contributed by atoms with Crippen LogP contribution >= 0.6 is 34.7 Å². The van der Waals surface area contributed by atoms with Gasteiger partial charge in [-0.15, -0.1) is 11.3 Å². The Bertz CT molecular complexity index is 862. The summed E-state index contributed by atoms with van der Waals surface area (Å²) in [5.74, 6) is 0.632. The van der Waals surface area contributed by atoms with Crippen molar-refractivity contribution in [1.29, 1.82) is 0 Å². The van der Waals surface area contributed by atoms with Crippen LogP contribution in [-0.2, 0) is 4.79 Å². The van der Waals surface area contributed by atoms with E-state index in [4.69, 9.17) is 11.6 Å². The van der Waals surface area contributed by atoms with Crippen molar-refractivity contribution in [3.63, 3.8) is 0 Å². The molecule has 2 aromatic carbocycles. The van der Waals surface area contributed by atoms with Crippen molar-refractivity contribution in [3.8, 4) is 11.3 Å². The molecule has 0 unspecified atom stereocenters. The smallest absolute Gasteiger partial charge is 0.225 e. The van der Waals surface area contributed by atoms with Crippen molar-refractivity contribution in [1.82, 2.24) is 4.98 Å². The molecule has 3 rings (SSSR count). The van der Waals surface area contributed by atoms with Gasteiger partial charge < -0.3 is 5.32 Å². The molecule has 3 nitrogen and oxygen atoms in total. The number of nitrogens with zero attached hydrogens (tertiary/aromatic N) is 1. The van der Waals surface area contributed by atoms with E-state index in [2.05, 4.69) is 46.9 Å². The summed E-state index contributed by atoms with van der Waals surface area (Å²) in [7, 11) is 0. The lowest BCUT2D eigenvalue weighted by Gasteiger charge is -2.06. The quantitative estimate of drug-likeness (QED) is 0.535. The molecule has 1 amide bonds. The number of halogens is 1. The minimum absolute atomic E-state index is 0.0454. The Morgan fingerprint density at radius 1 is 1.20 bits per heavy atom. The van der Waals surface area contributed by atoms with Gasteiger partial charge in [-0.2, -0.15) is 0 Å². The highest BCUT2D eigenvalue weighted by Gasteiger charge is 2.08. The molecule has 3 aromatic rings. The van der Waals surface area contributed by atoms with E-state index in [0.29, 0.717) is 22.9 Å². The standard InChI is InChI=1S/C19H17ClN2OS2/c1-13-6-8-14(9-7-13)17-12-25-19(22-17)24-11-10-18(23)21-16-5-3-2-4-15(16)20/h2-9,12H,10-11H2,1H3,(H,21,23). The Balaban J connectivity index is 1.50. The van der Waals surface area contributed by atoms with Gasteiger partial charge in [-0.05, 0) is 19.1 Å². The lowest BCUT2D eigenvalue weighted by atomic mass is 10.1. The Kier molecular flexibility index (Phi) is 6.13. The Morgan fingerprint density at radius 2 is 1.96 bits per heavy atom. The Morgan fingerprint density at radius 3 is 2.72 bits per heavy atom. The molecule has 1 aromatic heterocycles. The van der Waals surface area contributed by atoms with Gasteiger partial charge >= 0.3 is 0 Å². The third kappa shape index (κ3) is 5.08. The fourth-order valence-corrected chi connectivity index (χ4v) is 4.21. The van der Waals surface area contributed by atoms with Crippen molar-refractivity contribution >= 4 is 46.3 Å². The summed E-state index contributed by atoms with van der Waals surface area (Å²) in [5, 5.41) is 5.43. The number of carbonyl (C=O) groups is 1. The maximum absolute atomic E-state index is 12.0. The summed E-state index contributed by atoms with van der Waals surface area (Å²) >= 11 is 9.24. The second-order valence-corrected chi connectivity index (χ2v) is 8.10. The first-order chi connectivity index (χ1) is 12.1. The van der Waals surface area contributed by atoms with E-state index in [-0.39, 0.29) is 5.91 Å². The molecule has 0 spiro atoms. The van der Waals surface area contributed by atoms with Crippen LogP contribution < -0.4 is 5.32 Å². The van der Waals surface area contributed by atoms with Crippen molar-refractivity contribution in [2.24, 2.45) is 0 Å². The van der Waals surface area contributed by atoms with Crippen LogP contribution in [-0.4, -0.2) is 16.6 Å². The van der Waals surface area contributed by atoms with E-state index in [9.17, 15) is 4.79 Å². The van der Waals surface area contributed by atoms with Crippen LogP contribution in [0.3, 0.4) is 0 Å². The second kappa shape index (κ2) is 8.52. The fourth-order valence-electron chi connectivity index (χ4n) is 2.19. The van der Waals surface area contributed by atoms with E-state index in [1.54, 1.807) is 35.2 Å². The number of amides is 1. The molecular formula is C19H17ClN2OS2. The monoisotopic (exact) mass is 388 g/mol. The van der Waals surface area contributed by atoms with Gasteiger partial charge in [-0.1, -0.05) is 65.3 Å². The average molecular weight is 389 g/mol. The molecule has 0 aliphatic carbocycles. The van der Waals surface area contributed by atoms with Crippen LogP contribution in [0.5, 0.6) is 0 Å². The third-order valence-corrected chi connectivity index (χ3v) is 5.89. The highest BCUT2D eigenvalue weighted by Crippen LogP contribution is 2.29. The van der Waals surface area contributed by atoms with Crippen LogP contribution in [0.4, 0.5) is 5.69 Å². The molecule has 6 heteroatoms. The van der Waals surface area contributed by atoms with E-state index >= 15 is 0 Å². The normalized spacial score (nSPS) is 10.6. The van der Waals surface area contributed by atoms with Gasteiger partial charge in [-0.25, -0.2) is 4.98 Å². The number of hydrogen-bond acceptors (Lipinski definition) is 4. The molecule has 0 fully saturated rings. The number of para-hydroxylation sites is 1. The molecular weight excluding hydrogens is 372 g/mol. The number of benzene rings is 2. The molecule has 1 heterocycles. The lowest BCUT2D eigenvalue weighted by molar-refractivity contribution is -0.115. The predicted molar refractivity (Wildman–Crippen MR) is 108 cm³/mol. The van der Waals surface area contributed by atoms with E-state index in [1.807, 2.05) is 12.1 Å². The summed E-state index contributed by atoms with van der Waals surface area (Å²) in [6.07, 6.45) is 0.412. The number of hydrogen-bond donors (Lipinski definition) is 1. The fraction of sp³-hybridized carbons (Fsp3) is 0.158. The van der Waals surface area contributed by atoms with Crippen LogP contribution in [0.15, 0.2) is 58.3 Å². The number of thiazole rings is 1. The zero-order valence-electron chi connectivity index (χ0n) is 13.7.